The average molecular weight is 268 g/mol. The summed E-state index contributed by atoms with van der Waals surface area (Å²) in [5.41, 5.74) is 5.67. The van der Waals surface area contributed by atoms with Crippen molar-refractivity contribution in [2.45, 2.75) is 19.8 Å². The Bertz CT molecular complexity index is 384. The molecule has 0 bridgehead atoms. The summed E-state index contributed by atoms with van der Waals surface area (Å²) in [4.78, 5) is 16.4. The van der Waals surface area contributed by atoms with Gasteiger partial charge in [-0.2, -0.15) is 15.0 Å². The fourth-order valence-corrected chi connectivity index (χ4v) is 1.51. The average Bonchev–Trinajstić information content (AvgIpc) is 2.35. The Morgan fingerprint density at radius 2 is 1.84 bits per heavy atom. The van der Waals surface area contributed by atoms with Gasteiger partial charge in [0.1, 0.15) is 0 Å². The van der Waals surface area contributed by atoms with Crippen molar-refractivity contribution in [3.8, 4) is 6.01 Å². The number of anilines is 2. The predicted molar refractivity (Wildman–Crippen MR) is 76.5 cm³/mol. The van der Waals surface area contributed by atoms with Crippen LogP contribution in [0, 0.1) is 0 Å². The minimum absolute atomic E-state index is 0.190. The van der Waals surface area contributed by atoms with Gasteiger partial charge in [-0.3, -0.25) is 0 Å². The number of nitrogen functional groups attached to an aromatic ring is 1. The molecule has 7 heteroatoms. The summed E-state index contributed by atoms with van der Waals surface area (Å²) in [6.45, 7) is 4.48. The summed E-state index contributed by atoms with van der Waals surface area (Å²) in [5, 5.41) is 0. The molecule has 0 aromatic carbocycles. The first kappa shape index (κ1) is 15.4. The molecule has 2 N–H and O–H groups in total. The Kier molecular flexibility index (Phi) is 6.27. The van der Waals surface area contributed by atoms with Crippen LogP contribution in [0.3, 0.4) is 0 Å². The van der Waals surface area contributed by atoms with E-state index >= 15 is 0 Å². The van der Waals surface area contributed by atoms with E-state index in [2.05, 4.69) is 33.9 Å². The second-order valence-electron chi connectivity index (χ2n) is 4.70. The molecule has 1 heterocycles. The second-order valence-corrected chi connectivity index (χ2v) is 4.70. The van der Waals surface area contributed by atoms with E-state index in [0.29, 0.717) is 18.6 Å². The number of hydrogen-bond donors (Lipinski definition) is 1. The third kappa shape index (κ3) is 5.69. The molecule has 1 aromatic rings. The molecular formula is C12H24N6O. The van der Waals surface area contributed by atoms with Crippen LogP contribution in [0.25, 0.3) is 0 Å². The lowest BCUT2D eigenvalue weighted by Gasteiger charge is -2.18. The largest absolute Gasteiger partial charge is 0.463 e. The fraction of sp³-hybridized carbons (Fsp3) is 0.750. The van der Waals surface area contributed by atoms with Crippen molar-refractivity contribution >= 4 is 11.9 Å². The predicted octanol–water partition coefficient (Wildman–Crippen LogP) is 0.631. The molecule has 0 atom stereocenters. The maximum atomic E-state index is 5.67. The van der Waals surface area contributed by atoms with Gasteiger partial charge in [0.05, 0.1) is 6.61 Å². The molecule has 0 unspecified atom stereocenters. The van der Waals surface area contributed by atoms with Gasteiger partial charge in [0.15, 0.2) is 0 Å². The maximum Gasteiger partial charge on any atom is 0.323 e. The first-order valence-electron chi connectivity index (χ1n) is 6.53. The SMILES string of the molecule is CCCOc1nc(N)nc(N(C)CCCN(C)C)n1. The fourth-order valence-electron chi connectivity index (χ4n) is 1.51. The van der Waals surface area contributed by atoms with Crippen molar-refractivity contribution < 1.29 is 4.74 Å². The number of hydrogen-bond acceptors (Lipinski definition) is 7. The number of rotatable bonds is 8. The van der Waals surface area contributed by atoms with Crippen LogP contribution in [0.4, 0.5) is 11.9 Å². The van der Waals surface area contributed by atoms with Crippen molar-refractivity contribution in [1.29, 1.82) is 0 Å². The topological polar surface area (TPSA) is 80.4 Å². The molecule has 1 rings (SSSR count). The lowest BCUT2D eigenvalue weighted by atomic mass is 10.4. The highest BCUT2D eigenvalue weighted by Crippen LogP contribution is 2.12. The standard InChI is InChI=1S/C12H24N6O/c1-5-9-19-12-15-10(13)14-11(16-12)18(4)8-6-7-17(2)3/h5-9H2,1-4H3,(H2,13,14,15,16). The van der Waals surface area contributed by atoms with Gasteiger partial charge in [0.25, 0.3) is 0 Å². The summed E-state index contributed by atoms with van der Waals surface area (Å²) in [6, 6.07) is 0.295. The van der Waals surface area contributed by atoms with Gasteiger partial charge in [-0.15, -0.1) is 0 Å². The molecule has 19 heavy (non-hydrogen) atoms. The third-order valence-corrected chi connectivity index (χ3v) is 2.50. The normalized spacial score (nSPS) is 10.8. The Hall–Kier alpha value is -1.63. The van der Waals surface area contributed by atoms with Gasteiger partial charge in [-0.25, -0.2) is 0 Å². The highest BCUT2D eigenvalue weighted by atomic mass is 16.5. The number of ether oxygens (including phenoxy) is 1. The molecular weight excluding hydrogens is 244 g/mol. The summed E-state index contributed by atoms with van der Waals surface area (Å²) in [6.07, 6.45) is 1.93. The first-order valence-corrected chi connectivity index (χ1v) is 6.53. The zero-order valence-electron chi connectivity index (χ0n) is 12.3. The summed E-state index contributed by atoms with van der Waals surface area (Å²) in [5.74, 6) is 0.743. The molecule has 0 saturated carbocycles. The van der Waals surface area contributed by atoms with E-state index < -0.39 is 0 Å². The van der Waals surface area contributed by atoms with Crippen molar-refractivity contribution in [2.75, 3.05) is 51.5 Å². The Morgan fingerprint density at radius 1 is 1.11 bits per heavy atom. The quantitative estimate of drug-likeness (QED) is 0.740. The number of nitrogens with two attached hydrogens (primary N) is 1. The number of aromatic nitrogens is 3. The van der Waals surface area contributed by atoms with E-state index in [1.807, 2.05) is 18.9 Å². The molecule has 0 aliphatic heterocycles. The highest BCUT2D eigenvalue weighted by molar-refractivity contribution is 5.34. The van der Waals surface area contributed by atoms with Crippen molar-refractivity contribution in [3.63, 3.8) is 0 Å². The van der Waals surface area contributed by atoms with E-state index in [-0.39, 0.29) is 5.95 Å². The Labute approximate surface area is 114 Å². The van der Waals surface area contributed by atoms with Gasteiger partial charge in [-0.05, 0) is 33.5 Å². The lowest BCUT2D eigenvalue weighted by molar-refractivity contribution is 0.292. The molecule has 0 fully saturated rings. The van der Waals surface area contributed by atoms with E-state index in [1.165, 1.54) is 0 Å². The molecule has 0 spiro atoms. The van der Waals surface area contributed by atoms with Gasteiger partial charge in [-0.1, -0.05) is 6.92 Å². The zero-order valence-corrected chi connectivity index (χ0v) is 12.3. The highest BCUT2D eigenvalue weighted by Gasteiger charge is 2.09. The Balaban J connectivity index is 2.62. The van der Waals surface area contributed by atoms with E-state index in [9.17, 15) is 0 Å². The number of nitrogens with zero attached hydrogens (tertiary/aromatic N) is 5. The van der Waals surface area contributed by atoms with E-state index in [4.69, 9.17) is 10.5 Å². The molecule has 7 nitrogen and oxygen atoms in total. The molecule has 0 aliphatic carbocycles. The minimum Gasteiger partial charge on any atom is -0.463 e. The van der Waals surface area contributed by atoms with Crippen LogP contribution in [-0.2, 0) is 0 Å². The summed E-state index contributed by atoms with van der Waals surface area (Å²) in [7, 11) is 6.04. The van der Waals surface area contributed by atoms with Crippen molar-refractivity contribution in [2.24, 2.45) is 0 Å². The second kappa shape index (κ2) is 7.73. The summed E-state index contributed by atoms with van der Waals surface area (Å²) < 4.78 is 5.39. The van der Waals surface area contributed by atoms with E-state index in [1.54, 1.807) is 0 Å². The first-order chi connectivity index (χ1) is 9.02. The lowest BCUT2D eigenvalue weighted by Crippen LogP contribution is -2.25. The molecule has 0 amide bonds. The van der Waals surface area contributed by atoms with Gasteiger partial charge in [0.2, 0.25) is 11.9 Å². The van der Waals surface area contributed by atoms with Crippen LogP contribution in [0.15, 0.2) is 0 Å². The van der Waals surface area contributed by atoms with Gasteiger partial charge in [0, 0.05) is 13.6 Å². The van der Waals surface area contributed by atoms with Crippen LogP contribution in [-0.4, -0.2) is 60.7 Å². The molecule has 108 valence electrons. The maximum absolute atomic E-state index is 5.67. The zero-order chi connectivity index (χ0) is 14.3. The molecule has 0 aliphatic rings. The summed E-state index contributed by atoms with van der Waals surface area (Å²) >= 11 is 0. The van der Waals surface area contributed by atoms with Gasteiger partial charge >= 0.3 is 6.01 Å². The molecule has 0 radical (unpaired) electrons. The van der Waals surface area contributed by atoms with Crippen LogP contribution in [0.5, 0.6) is 6.01 Å². The third-order valence-electron chi connectivity index (χ3n) is 2.50. The van der Waals surface area contributed by atoms with Gasteiger partial charge < -0.3 is 20.3 Å². The van der Waals surface area contributed by atoms with Crippen LogP contribution in [0.1, 0.15) is 19.8 Å². The minimum atomic E-state index is 0.190. The van der Waals surface area contributed by atoms with Crippen LogP contribution < -0.4 is 15.4 Å². The monoisotopic (exact) mass is 268 g/mol. The molecule has 1 aromatic heterocycles. The van der Waals surface area contributed by atoms with Crippen LogP contribution >= 0.6 is 0 Å². The smallest absolute Gasteiger partial charge is 0.323 e. The van der Waals surface area contributed by atoms with Crippen LogP contribution in [0.2, 0.25) is 0 Å². The van der Waals surface area contributed by atoms with Crippen molar-refractivity contribution in [3.05, 3.63) is 0 Å². The van der Waals surface area contributed by atoms with E-state index in [0.717, 1.165) is 25.9 Å². The van der Waals surface area contributed by atoms with Crippen molar-refractivity contribution in [1.82, 2.24) is 19.9 Å². The molecule has 0 saturated heterocycles. The Morgan fingerprint density at radius 3 is 2.47 bits per heavy atom.